The molecule has 2 aromatic heterocycles. The van der Waals surface area contributed by atoms with Gasteiger partial charge in [-0.05, 0) is 53.9 Å². The number of thioether (sulfide) groups is 1. The molecule has 162 valence electrons. The predicted molar refractivity (Wildman–Crippen MR) is 125 cm³/mol. The van der Waals surface area contributed by atoms with Crippen LogP contribution in [0, 0.1) is 0 Å². The lowest BCUT2D eigenvalue weighted by molar-refractivity contribution is -0.129. The van der Waals surface area contributed by atoms with E-state index in [1.165, 1.54) is 22.9 Å². The van der Waals surface area contributed by atoms with Gasteiger partial charge in [-0.1, -0.05) is 47.6 Å². The molecule has 6 nitrogen and oxygen atoms in total. The lowest BCUT2D eigenvalue weighted by Gasteiger charge is -2.28. The Morgan fingerprint density at radius 3 is 2.62 bits per heavy atom. The van der Waals surface area contributed by atoms with Crippen molar-refractivity contribution in [3.8, 4) is 11.4 Å². The predicted octanol–water partition coefficient (Wildman–Crippen LogP) is 4.92. The van der Waals surface area contributed by atoms with Gasteiger partial charge in [-0.25, -0.2) is 0 Å². The maximum absolute atomic E-state index is 12.9. The zero-order chi connectivity index (χ0) is 21.9. The van der Waals surface area contributed by atoms with Crippen LogP contribution >= 0.6 is 23.4 Å². The fourth-order valence-corrected chi connectivity index (χ4v) is 4.80. The maximum Gasteiger partial charge on any atom is 0.233 e. The smallest absolute Gasteiger partial charge is 0.233 e. The lowest BCUT2D eigenvalue weighted by atomic mass is 10.00. The Hall–Kier alpha value is -3.03. The molecule has 0 saturated heterocycles. The van der Waals surface area contributed by atoms with Crippen molar-refractivity contribution >= 4 is 29.3 Å². The summed E-state index contributed by atoms with van der Waals surface area (Å²) in [5, 5.41) is 10.1. The molecule has 0 bridgehead atoms. The number of halogens is 1. The van der Waals surface area contributed by atoms with Crippen molar-refractivity contribution in [2.45, 2.75) is 24.7 Å². The Balaban J connectivity index is 1.34. The van der Waals surface area contributed by atoms with E-state index in [1.54, 1.807) is 6.26 Å². The minimum absolute atomic E-state index is 0.102. The minimum Gasteiger partial charge on any atom is -0.467 e. The third kappa shape index (κ3) is 4.45. The second-order valence-electron chi connectivity index (χ2n) is 7.60. The van der Waals surface area contributed by atoms with Crippen molar-refractivity contribution in [1.82, 2.24) is 19.7 Å². The van der Waals surface area contributed by atoms with Gasteiger partial charge in [0.15, 0.2) is 11.0 Å². The number of hydrogen-bond acceptors (Lipinski definition) is 5. The van der Waals surface area contributed by atoms with Crippen molar-refractivity contribution in [3.05, 3.63) is 88.8 Å². The molecule has 1 amide bonds. The molecule has 0 aliphatic carbocycles. The lowest BCUT2D eigenvalue weighted by Crippen LogP contribution is -2.37. The van der Waals surface area contributed by atoms with E-state index >= 15 is 0 Å². The van der Waals surface area contributed by atoms with E-state index in [2.05, 4.69) is 28.4 Å². The largest absolute Gasteiger partial charge is 0.467 e. The highest BCUT2D eigenvalue weighted by Crippen LogP contribution is 2.27. The van der Waals surface area contributed by atoms with Crippen LogP contribution in [0.4, 0.5) is 0 Å². The quantitative estimate of drug-likeness (QED) is 0.379. The zero-order valence-corrected chi connectivity index (χ0v) is 18.9. The standard InChI is InChI=1S/C24H21ClN4O2S/c25-20-9-7-18(8-10-20)23-26-27-24(29(23)15-21-6-3-13-31-21)32-16-22(30)28-12-11-17-4-1-2-5-19(17)14-28/h1-10,13H,11-12,14-16H2. The highest BCUT2D eigenvalue weighted by atomic mass is 35.5. The van der Waals surface area contributed by atoms with E-state index in [0.717, 1.165) is 24.3 Å². The molecule has 4 aromatic rings. The summed E-state index contributed by atoms with van der Waals surface area (Å²) in [6.45, 7) is 1.88. The Morgan fingerprint density at radius 1 is 1.03 bits per heavy atom. The van der Waals surface area contributed by atoms with Gasteiger partial charge in [-0.2, -0.15) is 0 Å². The number of nitrogens with zero attached hydrogens (tertiary/aromatic N) is 4. The van der Waals surface area contributed by atoms with Gasteiger partial charge in [-0.3, -0.25) is 9.36 Å². The van der Waals surface area contributed by atoms with Gasteiger partial charge in [0.25, 0.3) is 0 Å². The molecule has 5 rings (SSSR count). The van der Waals surface area contributed by atoms with Crippen LogP contribution in [0.15, 0.2) is 76.5 Å². The first-order valence-corrected chi connectivity index (χ1v) is 11.7. The fraction of sp³-hybridized carbons (Fsp3) is 0.208. The van der Waals surface area contributed by atoms with Crippen LogP contribution < -0.4 is 0 Å². The average Bonchev–Trinajstić information content (AvgIpc) is 3.48. The van der Waals surface area contributed by atoms with E-state index in [4.69, 9.17) is 16.0 Å². The molecule has 3 heterocycles. The Kier molecular flexibility index (Phi) is 6.01. The summed E-state index contributed by atoms with van der Waals surface area (Å²) in [4.78, 5) is 14.9. The van der Waals surface area contributed by atoms with Gasteiger partial charge in [0.05, 0.1) is 18.6 Å². The van der Waals surface area contributed by atoms with Crippen LogP contribution in [0.2, 0.25) is 5.02 Å². The van der Waals surface area contributed by atoms with Crippen molar-refractivity contribution in [2.75, 3.05) is 12.3 Å². The molecule has 1 aliphatic heterocycles. The number of rotatable bonds is 6. The van der Waals surface area contributed by atoms with Crippen LogP contribution in [0.25, 0.3) is 11.4 Å². The Bertz CT molecular complexity index is 1220. The first-order valence-electron chi connectivity index (χ1n) is 10.4. The summed E-state index contributed by atoms with van der Waals surface area (Å²) in [5.41, 5.74) is 3.46. The number of furan rings is 1. The van der Waals surface area contributed by atoms with Crippen LogP contribution in [0.3, 0.4) is 0 Å². The molecule has 8 heteroatoms. The molecule has 1 aliphatic rings. The molecular weight excluding hydrogens is 444 g/mol. The molecule has 0 radical (unpaired) electrons. The number of aromatic nitrogens is 3. The molecule has 32 heavy (non-hydrogen) atoms. The number of fused-ring (bicyclic) bond motifs is 1. The van der Waals surface area contributed by atoms with Crippen LogP contribution in [0.1, 0.15) is 16.9 Å². The minimum atomic E-state index is 0.102. The number of benzene rings is 2. The summed E-state index contributed by atoms with van der Waals surface area (Å²) in [6, 6.07) is 19.6. The molecule has 0 atom stereocenters. The van der Waals surface area contributed by atoms with Gasteiger partial charge in [0.2, 0.25) is 5.91 Å². The van der Waals surface area contributed by atoms with Gasteiger partial charge in [-0.15, -0.1) is 10.2 Å². The number of amides is 1. The first-order chi connectivity index (χ1) is 15.7. The first kappa shape index (κ1) is 20.8. The normalized spacial score (nSPS) is 13.2. The fourth-order valence-electron chi connectivity index (χ4n) is 3.84. The topological polar surface area (TPSA) is 64.2 Å². The molecular formula is C24H21ClN4O2S. The van der Waals surface area contributed by atoms with E-state index in [-0.39, 0.29) is 5.91 Å². The molecule has 0 fully saturated rings. The van der Waals surface area contributed by atoms with Gasteiger partial charge < -0.3 is 9.32 Å². The monoisotopic (exact) mass is 464 g/mol. The van der Waals surface area contributed by atoms with Crippen molar-refractivity contribution in [2.24, 2.45) is 0 Å². The van der Waals surface area contributed by atoms with Crippen molar-refractivity contribution < 1.29 is 9.21 Å². The average molecular weight is 465 g/mol. The molecule has 0 N–H and O–H groups in total. The van der Waals surface area contributed by atoms with Gasteiger partial charge in [0, 0.05) is 23.7 Å². The van der Waals surface area contributed by atoms with Gasteiger partial charge in [0.1, 0.15) is 5.76 Å². The highest BCUT2D eigenvalue weighted by molar-refractivity contribution is 7.99. The summed E-state index contributed by atoms with van der Waals surface area (Å²) in [5.74, 6) is 1.91. The van der Waals surface area contributed by atoms with E-state index in [1.807, 2.05) is 51.9 Å². The molecule has 0 saturated carbocycles. The number of hydrogen-bond donors (Lipinski definition) is 0. The number of carbonyl (C=O) groups is 1. The third-order valence-corrected chi connectivity index (χ3v) is 6.72. The second kappa shape index (κ2) is 9.22. The molecule has 2 aromatic carbocycles. The highest BCUT2D eigenvalue weighted by Gasteiger charge is 2.22. The maximum atomic E-state index is 12.9. The van der Waals surface area contributed by atoms with Crippen molar-refractivity contribution in [3.63, 3.8) is 0 Å². The zero-order valence-electron chi connectivity index (χ0n) is 17.3. The van der Waals surface area contributed by atoms with E-state index < -0.39 is 0 Å². The summed E-state index contributed by atoms with van der Waals surface area (Å²) >= 11 is 7.45. The van der Waals surface area contributed by atoms with Gasteiger partial charge >= 0.3 is 0 Å². The van der Waals surface area contributed by atoms with E-state index in [9.17, 15) is 4.79 Å². The van der Waals surface area contributed by atoms with Crippen molar-refractivity contribution in [1.29, 1.82) is 0 Å². The van der Waals surface area contributed by atoms with Crippen LogP contribution in [0.5, 0.6) is 0 Å². The van der Waals surface area contributed by atoms with E-state index in [0.29, 0.717) is 34.8 Å². The Labute approximate surface area is 195 Å². The third-order valence-electron chi connectivity index (χ3n) is 5.52. The van der Waals surface area contributed by atoms with Crippen LogP contribution in [-0.4, -0.2) is 37.9 Å². The van der Waals surface area contributed by atoms with Crippen LogP contribution in [-0.2, 0) is 24.3 Å². The summed E-state index contributed by atoms with van der Waals surface area (Å²) in [6.07, 6.45) is 2.54. The summed E-state index contributed by atoms with van der Waals surface area (Å²) in [7, 11) is 0. The Morgan fingerprint density at radius 2 is 1.84 bits per heavy atom. The second-order valence-corrected chi connectivity index (χ2v) is 8.98. The SMILES string of the molecule is O=C(CSc1nnc(-c2ccc(Cl)cc2)n1Cc1ccco1)N1CCc2ccccc2C1. The number of carbonyl (C=O) groups excluding carboxylic acids is 1. The molecule has 0 spiro atoms. The molecule has 0 unspecified atom stereocenters. The summed E-state index contributed by atoms with van der Waals surface area (Å²) < 4.78 is 7.52.